The van der Waals surface area contributed by atoms with Crippen molar-refractivity contribution in [3.8, 4) is 16.8 Å². The number of amides is 1. The number of benzene rings is 3. The van der Waals surface area contributed by atoms with Gasteiger partial charge in [0.1, 0.15) is 6.33 Å². The second-order valence-electron chi connectivity index (χ2n) is 11.8. The number of aromatic nitrogens is 5. The number of hydrogen-bond acceptors (Lipinski definition) is 6. The topological polar surface area (TPSA) is 100 Å². The first-order valence-electron chi connectivity index (χ1n) is 15.3. The third kappa shape index (κ3) is 6.18. The van der Waals surface area contributed by atoms with E-state index in [2.05, 4.69) is 51.9 Å². The van der Waals surface area contributed by atoms with E-state index in [1.165, 1.54) is 11.9 Å². The number of rotatable bonds is 8. The Hall–Kier alpha value is -4.60. The summed E-state index contributed by atoms with van der Waals surface area (Å²) in [5.74, 6) is 0.442. The number of nitrogens with zero attached hydrogens (tertiary/aromatic N) is 6. The third-order valence-corrected chi connectivity index (χ3v) is 9.26. The average Bonchev–Trinajstić information content (AvgIpc) is 3.59. The zero-order chi connectivity index (χ0) is 30.8. The Labute approximate surface area is 266 Å². The molecule has 4 heterocycles. The minimum absolute atomic E-state index is 0.0267. The first-order valence-corrected chi connectivity index (χ1v) is 15.7. The van der Waals surface area contributed by atoms with Gasteiger partial charge in [0.2, 0.25) is 11.6 Å². The Balaban J connectivity index is 1.19. The van der Waals surface area contributed by atoms with Gasteiger partial charge >= 0.3 is 0 Å². The maximum atomic E-state index is 13.9. The van der Waals surface area contributed by atoms with Crippen molar-refractivity contribution in [3.63, 3.8) is 0 Å². The van der Waals surface area contributed by atoms with Crippen molar-refractivity contribution in [2.24, 2.45) is 5.92 Å². The number of piperidine rings is 1. The van der Waals surface area contributed by atoms with Gasteiger partial charge in [0.25, 0.3) is 0 Å². The molecule has 1 unspecified atom stereocenters. The summed E-state index contributed by atoms with van der Waals surface area (Å²) in [5, 5.41) is 26.0. The first kappa shape index (κ1) is 29.1. The molecule has 2 saturated heterocycles. The van der Waals surface area contributed by atoms with E-state index in [0.29, 0.717) is 41.8 Å². The Morgan fingerprint density at radius 2 is 1.82 bits per heavy atom. The molecule has 228 valence electrons. The predicted octanol–water partition coefficient (Wildman–Crippen LogP) is 5.34. The van der Waals surface area contributed by atoms with Gasteiger partial charge in [-0.25, -0.2) is 0 Å². The largest absolute Gasteiger partial charge is 0.618 e. The van der Waals surface area contributed by atoms with Crippen LogP contribution in [0.25, 0.3) is 16.8 Å². The van der Waals surface area contributed by atoms with Gasteiger partial charge in [-0.15, -0.1) is 5.10 Å². The van der Waals surface area contributed by atoms with Crippen molar-refractivity contribution in [2.45, 2.75) is 31.1 Å². The molecule has 0 bridgehead atoms. The summed E-state index contributed by atoms with van der Waals surface area (Å²) in [6.07, 6.45) is 5.64. The predicted molar refractivity (Wildman–Crippen MR) is 170 cm³/mol. The monoisotopic (exact) mass is 620 g/mol. The van der Waals surface area contributed by atoms with Gasteiger partial charge in [0.15, 0.2) is 6.20 Å². The van der Waals surface area contributed by atoms with Gasteiger partial charge < -0.3 is 14.8 Å². The lowest BCUT2D eigenvalue weighted by atomic mass is 9.83. The van der Waals surface area contributed by atoms with E-state index < -0.39 is 0 Å². The highest BCUT2D eigenvalue weighted by molar-refractivity contribution is 6.31. The highest BCUT2D eigenvalue weighted by atomic mass is 35.5. The van der Waals surface area contributed by atoms with Gasteiger partial charge in [-0.2, -0.15) is 9.41 Å². The summed E-state index contributed by atoms with van der Waals surface area (Å²) < 4.78 is 7.77. The Bertz CT molecular complexity index is 1790. The number of halogens is 1. The minimum Gasteiger partial charge on any atom is -0.618 e. The van der Waals surface area contributed by atoms with Crippen LogP contribution in [0.5, 0.6) is 0 Å². The van der Waals surface area contributed by atoms with E-state index in [0.717, 1.165) is 53.0 Å². The fraction of sp³-hybridized carbons (Fsp3) is 0.286. The molecule has 10 heteroatoms. The van der Waals surface area contributed by atoms with Crippen LogP contribution in [0.3, 0.4) is 0 Å². The molecule has 1 amide bonds. The number of carbonyl (C=O) groups is 1. The molecule has 0 radical (unpaired) electrons. The summed E-state index contributed by atoms with van der Waals surface area (Å²) >= 11 is 6.38. The van der Waals surface area contributed by atoms with Crippen LogP contribution in [0.4, 0.5) is 0 Å². The summed E-state index contributed by atoms with van der Waals surface area (Å²) in [6, 6.07) is 28.2. The normalized spacial score (nSPS) is 16.3. The van der Waals surface area contributed by atoms with Crippen molar-refractivity contribution in [3.05, 3.63) is 130 Å². The van der Waals surface area contributed by atoms with Crippen molar-refractivity contribution in [1.29, 1.82) is 0 Å². The SMILES string of the molecule is O=C(C1COC1)N1CCC(c2cccc(C(Cc3ccccc3)c3ccc(-c4cc(Cl)ccc4-n4cnnn4)c[n+]3[O-])c2)CC1. The maximum absolute atomic E-state index is 13.9. The Kier molecular flexibility index (Phi) is 8.28. The highest BCUT2D eigenvalue weighted by Crippen LogP contribution is 2.35. The molecule has 0 spiro atoms. The molecule has 45 heavy (non-hydrogen) atoms. The van der Waals surface area contributed by atoms with Crippen LogP contribution < -0.4 is 4.73 Å². The Morgan fingerprint density at radius 1 is 1.00 bits per heavy atom. The molecule has 5 aromatic rings. The Morgan fingerprint density at radius 3 is 2.53 bits per heavy atom. The van der Waals surface area contributed by atoms with Crippen molar-refractivity contribution in [2.75, 3.05) is 26.3 Å². The highest BCUT2D eigenvalue weighted by Gasteiger charge is 2.33. The molecule has 1 atom stereocenters. The molecule has 2 aromatic heterocycles. The fourth-order valence-electron chi connectivity index (χ4n) is 6.47. The number of pyridine rings is 1. The average molecular weight is 621 g/mol. The van der Waals surface area contributed by atoms with Crippen molar-refractivity contribution < 1.29 is 14.3 Å². The van der Waals surface area contributed by atoms with Gasteiger partial charge in [0.05, 0.1) is 30.7 Å². The summed E-state index contributed by atoms with van der Waals surface area (Å²) in [6.45, 7) is 2.61. The van der Waals surface area contributed by atoms with Gasteiger partial charge in [-0.3, -0.25) is 4.79 Å². The van der Waals surface area contributed by atoms with Gasteiger partial charge in [-0.05, 0) is 76.6 Å². The molecule has 0 N–H and O–H groups in total. The lowest BCUT2D eigenvalue weighted by Crippen LogP contribution is -2.47. The molecule has 0 saturated carbocycles. The second kappa shape index (κ2) is 12.8. The zero-order valence-electron chi connectivity index (χ0n) is 24.7. The van der Waals surface area contributed by atoms with Crippen LogP contribution in [0.15, 0.2) is 97.5 Å². The van der Waals surface area contributed by atoms with Gasteiger partial charge in [-0.1, -0.05) is 66.2 Å². The van der Waals surface area contributed by atoms with E-state index >= 15 is 0 Å². The van der Waals surface area contributed by atoms with Crippen molar-refractivity contribution in [1.82, 2.24) is 25.1 Å². The molecule has 3 aromatic carbocycles. The lowest BCUT2D eigenvalue weighted by molar-refractivity contribution is -0.614. The smallest absolute Gasteiger partial charge is 0.230 e. The van der Waals surface area contributed by atoms with E-state index in [1.807, 2.05) is 47.4 Å². The molecule has 0 aliphatic carbocycles. The molecule has 9 nitrogen and oxygen atoms in total. The number of likely N-dealkylation sites (tertiary alicyclic amines) is 1. The second-order valence-corrected chi connectivity index (χ2v) is 12.3. The van der Waals surface area contributed by atoms with Crippen LogP contribution >= 0.6 is 11.6 Å². The van der Waals surface area contributed by atoms with E-state index in [9.17, 15) is 10.0 Å². The fourth-order valence-corrected chi connectivity index (χ4v) is 6.65. The number of ether oxygens (including phenoxy) is 1. The standard InChI is InChI=1S/C35H33ClN6O3/c36-30-10-12-33(41-23-37-38-39-41)32(19-30)28-9-11-34(42(44)20-28)31(17-24-5-2-1-3-6-24)27-8-4-7-26(18-27)25-13-15-40(16-14-25)35(43)29-21-45-22-29/h1-12,18-20,23,25,29,31H,13-17,21-22H2. The van der Waals surface area contributed by atoms with Crippen LogP contribution in [0, 0.1) is 11.1 Å². The van der Waals surface area contributed by atoms with Crippen LogP contribution in [-0.2, 0) is 16.0 Å². The lowest BCUT2D eigenvalue weighted by Gasteiger charge is -2.36. The molecule has 2 fully saturated rings. The number of hydrogen-bond donors (Lipinski definition) is 0. The van der Waals surface area contributed by atoms with E-state index in [-0.39, 0.29) is 17.7 Å². The van der Waals surface area contributed by atoms with Crippen LogP contribution in [-0.4, -0.2) is 57.3 Å². The zero-order valence-corrected chi connectivity index (χ0v) is 25.5. The summed E-state index contributed by atoms with van der Waals surface area (Å²) in [5.41, 5.74) is 6.35. The molecule has 2 aliphatic heterocycles. The summed E-state index contributed by atoms with van der Waals surface area (Å²) in [7, 11) is 0. The molecule has 7 rings (SSSR count). The molecular formula is C35H33ClN6O3. The summed E-state index contributed by atoms with van der Waals surface area (Å²) in [4.78, 5) is 14.7. The minimum atomic E-state index is -0.169. The van der Waals surface area contributed by atoms with Gasteiger partial charge in [0, 0.05) is 35.3 Å². The maximum Gasteiger partial charge on any atom is 0.230 e. The first-order chi connectivity index (χ1) is 22.0. The van der Waals surface area contributed by atoms with E-state index in [1.54, 1.807) is 16.9 Å². The van der Waals surface area contributed by atoms with Crippen LogP contribution in [0.2, 0.25) is 5.02 Å². The third-order valence-electron chi connectivity index (χ3n) is 9.03. The number of carbonyl (C=O) groups excluding carboxylic acids is 1. The number of tetrazole rings is 1. The van der Waals surface area contributed by atoms with E-state index in [4.69, 9.17) is 16.3 Å². The molecule has 2 aliphatic rings. The quantitative estimate of drug-likeness (QED) is 0.171. The molecular weight excluding hydrogens is 588 g/mol. The van der Waals surface area contributed by atoms with Crippen molar-refractivity contribution >= 4 is 17.5 Å². The van der Waals surface area contributed by atoms with Crippen LogP contribution in [0.1, 0.15) is 47.1 Å².